The van der Waals surface area contributed by atoms with Crippen molar-refractivity contribution in [3.63, 3.8) is 0 Å². The Labute approximate surface area is 148 Å². The molecule has 1 aromatic carbocycles. The van der Waals surface area contributed by atoms with Gasteiger partial charge in [-0.2, -0.15) is 0 Å². The molecule has 0 bridgehead atoms. The van der Waals surface area contributed by atoms with Gasteiger partial charge in [0.1, 0.15) is 10.9 Å². The number of hydrogen-bond acceptors (Lipinski definition) is 4. The smallest absolute Gasteiger partial charge is 0.232 e. The van der Waals surface area contributed by atoms with Crippen molar-refractivity contribution in [2.24, 2.45) is 5.92 Å². The van der Waals surface area contributed by atoms with Crippen LogP contribution in [0.1, 0.15) is 37.9 Å². The molecule has 0 aliphatic heterocycles. The van der Waals surface area contributed by atoms with Crippen LogP contribution in [0, 0.1) is 5.92 Å². The second kappa shape index (κ2) is 7.97. The molecule has 1 aliphatic rings. The maximum absolute atomic E-state index is 11.9. The zero-order valence-corrected chi connectivity index (χ0v) is 15.3. The van der Waals surface area contributed by atoms with Crippen molar-refractivity contribution in [3.05, 3.63) is 30.1 Å². The lowest BCUT2D eigenvalue weighted by Gasteiger charge is -2.12. The molecule has 0 spiro atoms. The number of carbonyl (C=O) groups is 1. The second-order valence-corrected chi connectivity index (χ2v) is 7.69. The van der Waals surface area contributed by atoms with Crippen molar-refractivity contribution in [2.45, 2.75) is 43.6 Å². The van der Waals surface area contributed by atoms with Crippen LogP contribution in [0.5, 0.6) is 0 Å². The molecule has 3 rings (SSSR count). The molecular formula is C19H25N3OS. The molecule has 1 heterocycles. The number of nitrogens with zero attached hydrogens (tertiary/aromatic N) is 3. The zero-order valence-electron chi connectivity index (χ0n) is 14.5. The van der Waals surface area contributed by atoms with E-state index in [-0.39, 0.29) is 5.91 Å². The molecule has 5 heteroatoms. The number of para-hydroxylation sites is 1. The standard InChI is InChI=1S/C19H25N3OS/c1-22(2)18(23)13-24-19-15-9-5-6-10-16(15)20-17(21-19)12-11-14-7-3-4-8-14/h5-6,9-10,14H,3-4,7-8,11-13H2,1-2H3. The number of fused-ring (bicyclic) bond motifs is 1. The van der Waals surface area contributed by atoms with Crippen molar-refractivity contribution in [2.75, 3.05) is 19.8 Å². The Balaban J connectivity index is 1.78. The molecule has 128 valence electrons. The average molecular weight is 343 g/mol. The minimum Gasteiger partial charge on any atom is -0.348 e. The normalized spacial score (nSPS) is 15.1. The molecule has 4 nitrogen and oxygen atoms in total. The highest BCUT2D eigenvalue weighted by molar-refractivity contribution is 8.00. The Kier molecular flexibility index (Phi) is 5.72. The third-order valence-corrected chi connectivity index (χ3v) is 5.67. The van der Waals surface area contributed by atoms with Gasteiger partial charge in [0.2, 0.25) is 5.91 Å². The Morgan fingerprint density at radius 3 is 2.71 bits per heavy atom. The van der Waals surface area contributed by atoms with Crippen LogP contribution in [0.2, 0.25) is 0 Å². The SMILES string of the molecule is CN(C)C(=O)CSc1nc(CCC2CCCC2)nc2ccccc12. The van der Waals surface area contributed by atoms with Gasteiger partial charge in [-0.25, -0.2) is 9.97 Å². The summed E-state index contributed by atoms with van der Waals surface area (Å²) in [5.41, 5.74) is 0.980. The first-order valence-electron chi connectivity index (χ1n) is 8.72. The van der Waals surface area contributed by atoms with Crippen LogP contribution >= 0.6 is 11.8 Å². The van der Waals surface area contributed by atoms with Gasteiger partial charge >= 0.3 is 0 Å². The summed E-state index contributed by atoms with van der Waals surface area (Å²) in [4.78, 5) is 23.0. The second-order valence-electron chi connectivity index (χ2n) is 6.73. The lowest BCUT2D eigenvalue weighted by Crippen LogP contribution is -2.23. The third-order valence-electron chi connectivity index (χ3n) is 4.70. The molecule has 1 aliphatic carbocycles. The molecule has 2 aromatic rings. The maximum atomic E-state index is 11.9. The van der Waals surface area contributed by atoms with Crippen molar-refractivity contribution in [3.8, 4) is 0 Å². The topological polar surface area (TPSA) is 46.1 Å². The molecule has 24 heavy (non-hydrogen) atoms. The zero-order chi connectivity index (χ0) is 16.9. The van der Waals surface area contributed by atoms with Crippen molar-refractivity contribution in [1.82, 2.24) is 14.9 Å². The van der Waals surface area contributed by atoms with E-state index in [9.17, 15) is 4.79 Å². The fourth-order valence-electron chi connectivity index (χ4n) is 3.21. The number of carbonyl (C=O) groups excluding carboxylic acids is 1. The average Bonchev–Trinajstić information content (AvgIpc) is 3.11. The van der Waals surface area contributed by atoms with E-state index in [0.29, 0.717) is 5.75 Å². The summed E-state index contributed by atoms with van der Waals surface area (Å²) in [5, 5.41) is 1.97. The summed E-state index contributed by atoms with van der Waals surface area (Å²) in [6.07, 6.45) is 7.57. The Hall–Kier alpha value is -1.62. The molecular weight excluding hydrogens is 318 g/mol. The van der Waals surface area contributed by atoms with Crippen molar-refractivity contribution < 1.29 is 4.79 Å². The summed E-state index contributed by atoms with van der Waals surface area (Å²) in [6, 6.07) is 8.09. The largest absolute Gasteiger partial charge is 0.348 e. The molecule has 0 atom stereocenters. The molecule has 1 fully saturated rings. The highest BCUT2D eigenvalue weighted by Crippen LogP contribution is 2.30. The monoisotopic (exact) mass is 343 g/mol. The van der Waals surface area contributed by atoms with Crippen LogP contribution in [-0.2, 0) is 11.2 Å². The van der Waals surface area contributed by atoms with E-state index in [1.165, 1.54) is 43.9 Å². The lowest BCUT2D eigenvalue weighted by atomic mass is 10.0. The Bertz CT molecular complexity index is 711. The van der Waals surface area contributed by atoms with E-state index >= 15 is 0 Å². The van der Waals surface area contributed by atoms with E-state index in [1.807, 2.05) is 24.3 Å². The van der Waals surface area contributed by atoms with Gasteiger partial charge in [0.15, 0.2) is 0 Å². The van der Waals surface area contributed by atoms with Crippen LogP contribution < -0.4 is 0 Å². The Morgan fingerprint density at radius 2 is 1.96 bits per heavy atom. The van der Waals surface area contributed by atoms with Gasteiger partial charge in [0.25, 0.3) is 0 Å². The van der Waals surface area contributed by atoms with Crippen LogP contribution in [-0.4, -0.2) is 40.6 Å². The number of thioether (sulfide) groups is 1. The van der Waals surface area contributed by atoms with Crippen LogP contribution in [0.4, 0.5) is 0 Å². The molecule has 1 amide bonds. The van der Waals surface area contributed by atoms with Gasteiger partial charge in [-0.15, -0.1) is 0 Å². The van der Waals surface area contributed by atoms with Gasteiger partial charge in [0, 0.05) is 25.9 Å². The minimum atomic E-state index is 0.107. The lowest BCUT2D eigenvalue weighted by molar-refractivity contribution is -0.125. The summed E-state index contributed by atoms with van der Waals surface area (Å²) >= 11 is 1.52. The molecule has 0 N–H and O–H groups in total. The number of aryl methyl sites for hydroxylation is 1. The first kappa shape index (κ1) is 17.2. The van der Waals surface area contributed by atoms with Crippen molar-refractivity contribution >= 4 is 28.6 Å². The maximum Gasteiger partial charge on any atom is 0.232 e. The number of hydrogen-bond donors (Lipinski definition) is 0. The van der Waals surface area contributed by atoms with E-state index in [1.54, 1.807) is 19.0 Å². The highest BCUT2D eigenvalue weighted by atomic mass is 32.2. The first-order chi connectivity index (χ1) is 11.6. The highest BCUT2D eigenvalue weighted by Gasteiger charge is 2.16. The van der Waals surface area contributed by atoms with E-state index < -0.39 is 0 Å². The quantitative estimate of drug-likeness (QED) is 0.589. The number of aromatic nitrogens is 2. The molecule has 0 unspecified atom stereocenters. The van der Waals surface area contributed by atoms with E-state index in [2.05, 4.69) is 0 Å². The van der Waals surface area contributed by atoms with Gasteiger partial charge in [-0.1, -0.05) is 55.6 Å². The first-order valence-corrected chi connectivity index (χ1v) is 9.70. The van der Waals surface area contributed by atoms with Gasteiger partial charge < -0.3 is 4.90 Å². The third kappa shape index (κ3) is 4.26. The summed E-state index contributed by atoms with van der Waals surface area (Å²) < 4.78 is 0. The van der Waals surface area contributed by atoms with Gasteiger partial charge in [-0.05, 0) is 18.4 Å². The van der Waals surface area contributed by atoms with Crippen LogP contribution in [0.15, 0.2) is 29.3 Å². The van der Waals surface area contributed by atoms with Crippen molar-refractivity contribution in [1.29, 1.82) is 0 Å². The van der Waals surface area contributed by atoms with E-state index in [0.717, 1.165) is 34.1 Å². The number of amides is 1. The van der Waals surface area contributed by atoms with Gasteiger partial charge in [-0.3, -0.25) is 4.79 Å². The molecule has 1 saturated carbocycles. The van der Waals surface area contributed by atoms with Crippen LogP contribution in [0.3, 0.4) is 0 Å². The molecule has 0 radical (unpaired) electrons. The summed E-state index contributed by atoms with van der Waals surface area (Å²) in [5.74, 6) is 2.28. The predicted molar refractivity (Wildman–Crippen MR) is 99.2 cm³/mol. The summed E-state index contributed by atoms with van der Waals surface area (Å²) in [7, 11) is 3.57. The number of rotatable bonds is 6. The van der Waals surface area contributed by atoms with E-state index in [4.69, 9.17) is 9.97 Å². The fourth-order valence-corrected chi connectivity index (χ4v) is 4.22. The predicted octanol–water partition coefficient (Wildman–Crippen LogP) is 3.93. The Morgan fingerprint density at radius 1 is 1.21 bits per heavy atom. The van der Waals surface area contributed by atoms with Gasteiger partial charge in [0.05, 0.1) is 11.3 Å². The molecule has 1 aromatic heterocycles. The summed E-state index contributed by atoms with van der Waals surface area (Å²) in [6.45, 7) is 0. The van der Waals surface area contributed by atoms with Crippen LogP contribution in [0.25, 0.3) is 10.9 Å². The minimum absolute atomic E-state index is 0.107. The number of benzene rings is 1. The fraction of sp³-hybridized carbons (Fsp3) is 0.526. The molecule has 0 saturated heterocycles.